The topological polar surface area (TPSA) is 109 Å². The molecule has 0 aliphatic carbocycles. The average Bonchev–Trinajstić information content (AvgIpc) is 2.76. The zero-order valence-corrected chi connectivity index (χ0v) is 17.6. The van der Waals surface area contributed by atoms with Gasteiger partial charge in [0.25, 0.3) is 0 Å². The number of aryl methyl sites for hydroxylation is 1. The molecule has 0 saturated carbocycles. The maximum Gasteiger partial charge on any atom is 0.240 e. The van der Waals surface area contributed by atoms with E-state index in [0.29, 0.717) is 0 Å². The number of sulfonamides is 1. The van der Waals surface area contributed by atoms with Crippen molar-refractivity contribution in [3.05, 3.63) is 65.7 Å². The fourth-order valence-electron chi connectivity index (χ4n) is 3.74. The number of benzene rings is 2. The molecule has 2 aromatic carbocycles. The van der Waals surface area contributed by atoms with Crippen LogP contribution in [-0.2, 0) is 29.0 Å². The van der Waals surface area contributed by atoms with E-state index in [1.165, 1.54) is 7.11 Å². The number of ether oxygens (including phenoxy) is 4. The van der Waals surface area contributed by atoms with Crippen LogP contribution in [0.25, 0.3) is 0 Å². The summed E-state index contributed by atoms with van der Waals surface area (Å²) >= 11 is 0. The van der Waals surface area contributed by atoms with E-state index in [0.717, 1.165) is 11.1 Å². The van der Waals surface area contributed by atoms with Gasteiger partial charge in [0.05, 0.1) is 23.6 Å². The fourth-order valence-corrected chi connectivity index (χ4v) is 5.02. The predicted molar refractivity (Wildman–Crippen MR) is 109 cm³/mol. The molecule has 4 rings (SSSR count). The molecule has 2 aromatic rings. The van der Waals surface area contributed by atoms with Gasteiger partial charge in [-0.1, -0.05) is 48.0 Å². The summed E-state index contributed by atoms with van der Waals surface area (Å²) < 4.78 is 52.0. The van der Waals surface area contributed by atoms with Gasteiger partial charge in [0.1, 0.15) is 12.2 Å². The second-order valence-electron chi connectivity index (χ2n) is 7.49. The van der Waals surface area contributed by atoms with Crippen LogP contribution in [0.3, 0.4) is 0 Å². The normalized spacial score (nSPS) is 31.8. The lowest BCUT2D eigenvalue weighted by molar-refractivity contribution is -0.322. The van der Waals surface area contributed by atoms with Gasteiger partial charge in [0.2, 0.25) is 10.0 Å². The first-order valence-electron chi connectivity index (χ1n) is 9.74. The Balaban J connectivity index is 1.61. The molecule has 162 valence electrons. The van der Waals surface area contributed by atoms with E-state index in [1.807, 2.05) is 37.3 Å². The molecule has 8 nitrogen and oxygen atoms in total. The summed E-state index contributed by atoms with van der Waals surface area (Å²) in [4.78, 5) is 0.156. The summed E-state index contributed by atoms with van der Waals surface area (Å²) in [6.07, 6.45) is -2.61. The summed E-state index contributed by atoms with van der Waals surface area (Å²) in [5, 5.41) is 0. The molecular weight excluding hydrogens is 408 g/mol. The largest absolute Gasteiger partial charge is 0.354 e. The van der Waals surface area contributed by atoms with Crippen molar-refractivity contribution in [1.29, 1.82) is 0 Å². The molecule has 2 heterocycles. The van der Waals surface area contributed by atoms with Crippen LogP contribution >= 0.6 is 0 Å². The zero-order valence-electron chi connectivity index (χ0n) is 16.8. The molecule has 2 aliphatic rings. The number of rotatable bonds is 5. The van der Waals surface area contributed by atoms with Crippen LogP contribution in [0.1, 0.15) is 17.4 Å². The summed E-state index contributed by atoms with van der Waals surface area (Å²) in [6, 6.07) is 14.5. The Labute approximate surface area is 176 Å². The highest BCUT2D eigenvalue weighted by Gasteiger charge is 2.50. The molecule has 0 bridgehead atoms. The van der Waals surface area contributed by atoms with Crippen LogP contribution in [0.5, 0.6) is 0 Å². The lowest BCUT2D eigenvalue weighted by Crippen LogP contribution is -2.69. The van der Waals surface area contributed by atoms with Crippen molar-refractivity contribution in [2.75, 3.05) is 13.7 Å². The third-order valence-electron chi connectivity index (χ3n) is 5.38. The Kier molecular flexibility index (Phi) is 6.21. The molecule has 0 spiro atoms. The minimum Gasteiger partial charge on any atom is -0.354 e. The fraction of sp³-hybridized carbons (Fsp3) is 0.429. The standard InChI is InChI=1S/C21H26N2O6S/c1-13-8-10-15(11-9-13)30(24,25)23-18-17(22)21(26-2)28-16-12-27-20(29-19(16)18)14-6-4-3-5-7-14/h3-11,16-21,23H,12,22H2,1-2H3/t16-,17-,18-,19-,20-,21+/m1/s1. The molecule has 0 amide bonds. The van der Waals surface area contributed by atoms with Gasteiger partial charge >= 0.3 is 0 Å². The lowest BCUT2D eigenvalue weighted by Gasteiger charge is -2.48. The van der Waals surface area contributed by atoms with Crippen LogP contribution < -0.4 is 10.5 Å². The van der Waals surface area contributed by atoms with E-state index in [1.54, 1.807) is 24.3 Å². The molecule has 2 aliphatic heterocycles. The zero-order chi connectivity index (χ0) is 21.3. The Hall–Kier alpha value is -1.85. The first-order valence-corrected chi connectivity index (χ1v) is 11.2. The van der Waals surface area contributed by atoms with Crippen LogP contribution in [0, 0.1) is 6.92 Å². The van der Waals surface area contributed by atoms with Crippen LogP contribution in [-0.4, -0.2) is 52.7 Å². The molecule has 2 fully saturated rings. The second kappa shape index (κ2) is 8.72. The van der Waals surface area contributed by atoms with Crippen molar-refractivity contribution >= 4 is 10.0 Å². The Morgan fingerprint density at radius 3 is 2.43 bits per heavy atom. The maximum atomic E-state index is 13.0. The Morgan fingerprint density at radius 1 is 1.07 bits per heavy atom. The Morgan fingerprint density at radius 2 is 1.77 bits per heavy atom. The number of fused-ring (bicyclic) bond motifs is 1. The van der Waals surface area contributed by atoms with Gasteiger partial charge in [-0.2, -0.15) is 0 Å². The van der Waals surface area contributed by atoms with Gasteiger partial charge in [0, 0.05) is 12.7 Å². The first kappa shape index (κ1) is 21.4. The van der Waals surface area contributed by atoms with Crippen molar-refractivity contribution in [1.82, 2.24) is 4.72 Å². The molecule has 0 radical (unpaired) electrons. The monoisotopic (exact) mass is 434 g/mol. The first-order chi connectivity index (χ1) is 14.4. The van der Waals surface area contributed by atoms with Gasteiger partial charge in [0.15, 0.2) is 12.6 Å². The SMILES string of the molecule is CO[C@H]1O[C@@H]2CO[C@@H](c3ccccc3)O[C@H]2[C@H](NS(=O)(=O)c2ccc(C)cc2)[C@H]1N. The summed E-state index contributed by atoms with van der Waals surface area (Å²) in [6.45, 7) is 2.12. The third kappa shape index (κ3) is 4.28. The van der Waals surface area contributed by atoms with Gasteiger partial charge in [-0.3, -0.25) is 0 Å². The van der Waals surface area contributed by atoms with Crippen molar-refractivity contribution in [3.8, 4) is 0 Å². The van der Waals surface area contributed by atoms with Gasteiger partial charge in [-0.15, -0.1) is 0 Å². The van der Waals surface area contributed by atoms with Crippen molar-refractivity contribution in [3.63, 3.8) is 0 Å². The molecule has 9 heteroatoms. The lowest BCUT2D eigenvalue weighted by atomic mass is 9.94. The van der Waals surface area contributed by atoms with Crippen LogP contribution in [0.2, 0.25) is 0 Å². The average molecular weight is 435 g/mol. The van der Waals surface area contributed by atoms with E-state index in [-0.39, 0.29) is 11.5 Å². The Bertz CT molecular complexity index is 953. The highest BCUT2D eigenvalue weighted by atomic mass is 32.2. The smallest absolute Gasteiger partial charge is 0.240 e. The van der Waals surface area contributed by atoms with E-state index < -0.39 is 46.9 Å². The van der Waals surface area contributed by atoms with Crippen molar-refractivity contribution in [2.45, 2.75) is 48.7 Å². The van der Waals surface area contributed by atoms with Gasteiger partial charge in [-0.05, 0) is 19.1 Å². The molecule has 30 heavy (non-hydrogen) atoms. The number of hydrogen-bond acceptors (Lipinski definition) is 7. The molecule has 0 unspecified atom stereocenters. The second-order valence-corrected chi connectivity index (χ2v) is 9.21. The molecule has 3 N–H and O–H groups in total. The summed E-state index contributed by atoms with van der Waals surface area (Å²) in [5.41, 5.74) is 8.14. The summed E-state index contributed by atoms with van der Waals surface area (Å²) in [5.74, 6) is 0. The highest BCUT2D eigenvalue weighted by Crippen LogP contribution is 2.34. The number of nitrogens with two attached hydrogens (primary N) is 1. The predicted octanol–water partition coefficient (Wildman–Crippen LogP) is 1.45. The number of methoxy groups -OCH3 is 1. The third-order valence-corrected chi connectivity index (χ3v) is 6.85. The van der Waals surface area contributed by atoms with Gasteiger partial charge < -0.3 is 24.7 Å². The maximum absolute atomic E-state index is 13.0. The summed E-state index contributed by atoms with van der Waals surface area (Å²) in [7, 11) is -2.37. The minimum absolute atomic E-state index is 0.156. The van der Waals surface area contributed by atoms with E-state index in [2.05, 4.69) is 4.72 Å². The number of hydrogen-bond donors (Lipinski definition) is 2. The van der Waals surface area contributed by atoms with Crippen molar-refractivity contribution < 1.29 is 27.4 Å². The molecular formula is C21H26N2O6S. The molecule has 2 saturated heterocycles. The quantitative estimate of drug-likeness (QED) is 0.733. The van der Waals surface area contributed by atoms with Gasteiger partial charge in [-0.25, -0.2) is 13.1 Å². The minimum atomic E-state index is -3.84. The van der Waals surface area contributed by atoms with Crippen LogP contribution in [0.15, 0.2) is 59.5 Å². The van der Waals surface area contributed by atoms with E-state index in [4.69, 9.17) is 24.7 Å². The molecule has 6 atom stereocenters. The molecule has 0 aromatic heterocycles. The van der Waals surface area contributed by atoms with Crippen LogP contribution in [0.4, 0.5) is 0 Å². The van der Waals surface area contributed by atoms with E-state index in [9.17, 15) is 8.42 Å². The van der Waals surface area contributed by atoms with Crippen molar-refractivity contribution in [2.24, 2.45) is 5.73 Å². The number of nitrogens with one attached hydrogen (secondary N) is 1. The van der Waals surface area contributed by atoms with E-state index >= 15 is 0 Å². The highest BCUT2D eigenvalue weighted by molar-refractivity contribution is 7.89.